The van der Waals surface area contributed by atoms with Crippen LogP contribution in [0.1, 0.15) is 25.1 Å². The van der Waals surface area contributed by atoms with Crippen LogP contribution in [0.3, 0.4) is 0 Å². The number of rotatable bonds is 3. The van der Waals surface area contributed by atoms with E-state index in [-0.39, 0.29) is 11.9 Å². The summed E-state index contributed by atoms with van der Waals surface area (Å²) in [6.07, 6.45) is 4.50. The first kappa shape index (κ1) is 11.7. The SMILES string of the molecule is Cc1ncc([N+](=O)[O-])c(NC2CCCCN2)n1. The third-order valence-electron chi connectivity index (χ3n) is 2.71. The van der Waals surface area contributed by atoms with Crippen molar-refractivity contribution in [2.75, 3.05) is 11.9 Å². The average molecular weight is 237 g/mol. The summed E-state index contributed by atoms with van der Waals surface area (Å²) in [5.74, 6) is 0.816. The molecule has 17 heavy (non-hydrogen) atoms. The van der Waals surface area contributed by atoms with Gasteiger partial charge in [0.25, 0.3) is 0 Å². The number of piperidine rings is 1. The van der Waals surface area contributed by atoms with Crippen LogP contribution in [0, 0.1) is 17.0 Å². The van der Waals surface area contributed by atoms with Crippen molar-refractivity contribution in [2.45, 2.75) is 32.4 Å². The molecule has 1 atom stereocenters. The molecule has 1 unspecified atom stereocenters. The molecule has 2 N–H and O–H groups in total. The zero-order chi connectivity index (χ0) is 12.3. The molecule has 1 aliphatic rings. The molecule has 92 valence electrons. The highest BCUT2D eigenvalue weighted by Gasteiger charge is 2.20. The van der Waals surface area contributed by atoms with Crippen LogP contribution in [0.25, 0.3) is 0 Å². The molecule has 1 aromatic heterocycles. The normalized spacial score (nSPS) is 19.9. The molecule has 0 amide bonds. The number of hydrogen-bond donors (Lipinski definition) is 2. The van der Waals surface area contributed by atoms with Crippen molar-refractivity contribution in [3.05, 3.63) is 22.1 Å². The predicted octanol–water partition coefficient (Wildman–Crippen LogP) is 1.20. The highest BCUT2D eigenvalue weighted by Crippen LogP contribution is 2.22. The van der Waals surface area contributed by atoms with E-state index in [0.29, 0.717) is 11.6 Å². The molecule has 0 saturated carbocycles. The minimum absolute atomic E-state index is 0.0525. The van der Waals surface area contributed by atoms with Crippen LogP contribution in [0.4, 0.5) is 11.5 Å². The van der Waals surface area contributed by atoms with Crippen LogP contribution in [-0.4, -0.2) is 27.6 Å². The molecule has 1 aromatic rings. The first-order chi connectivity index (χ1) is 8.16. The van der Waals surface area contributed by atoms with E-state index in [1.165, 1.54) is 6.20 Å². The molecule has 2 rings (SSSR count). The third kappa shape index (κ3) is 2.88. The highest BCUT2D eigenvalue weighted by molar-refractivity contribution is 5.54. The lowest BCUT2D eigenvalue weighted by Gasteiger charge is -2.24. The Morgan fingerprint density at radius 2 is 2.41 bits per heavy atom. The Kier molecular flexibility index (Phi) is 3.48. The highest BCUT2D eigenvalue weighted by atomic mass is 16.6. The summed E-state index contributed by atoms with van der Waals surface area (Å²) in [4.78, 5) is 18.3. The van der Waals surface area contributed by atoms with Crippen LogP contribution < -0.4 is 10.6 Å². The molecule has 1 saturated heterocycles. The summed E-state index contributed by atoms with van der Waals surface area (Å²) >= 11 is 0. The quantitative estimate of drug-likeness (QED) is 0.606. The standard InChI is InChI=1S/C10H15N5O2/c1-7-12-6-8(15(16)17)10(13-7)14-9-4-2-3-5-11-9/h6,9,11H,2-5H2,1H3,(H,12,13,14). The summed E-state index contributed by atoms with van der Waals surface area (Å²) in [5, 5.41) is 17.2. The van der Waals surface area contributed by atoms with Gasteiger partial charge in [0.2, 0.25) is 5.82 Å². The second-order valence-corrected chi connectivity index (χ2v) is 4.06. The van der Waals surface area contributed by atoms with Gasteiger partial charge in [-0.1, -0.05) is 0 Å². The van der Waals surface area contributed by atoms with Gasteiger partial charge in [-0.25, -0.2) is 9.97 Å². The summed E-state index contributed by atoms with van der Waals surface area (Å²) in [5.41, 5.74) is -0.0806. The van der Waals surface area contributed by atoms with E-state index in [1.54, 1.807) is 6.92 Å². The van der Waals surface area contributed by atoms with Gasteiger partial charge in [-0.05, 0) is 32.7 Å². The molecule has 7 heteroatoms. The number of nitrogens with zero attached hydrogens (tertiary/aromatic N) is 3. The summed E-state index contributed by atoms with van der Waals surface area (Å²) in [6, 6.07) is 0. The van der Waals surface area contributed by atoms with Crippen molar-refractivity contribution in [1.82, 2.24) is 15.3 Å². The first-order valence-electron chi connectivity index (χ1n) is 5.65. The summed E-state index contributed by atoms with van der Waals surface area (Å²) in [6.45, 7) is 2.64. The molecule has 0 radical (unpaired) electrons. The van der Waals surface area contributed by atoms with Gasteiger partial charge in [0.1, 0.15) is 12.0 Å². The van der Waals surface area contributed by atoms with Gasteiger partial charge in [-0.2, -0.15) is 0 Å². The van der Waals surface area contributed by atoms with Crippen LogP contribution in [-0.2, 0) is 0 Å². The van der Waals surface area contributed by atoms with E-state index in [2.05, 4.69) is 20.6 Å². The van der Waals surface area contributed by atoms with Crippen LogP contribution in [0.15, 0.2) is 6.20 Å². The molecular weight excluding hydrogens is 222 g/mol. The molecule has 1 fully saturated rings. The van der Waals surface area contributed by atoms with Crippen LogP contribution in [0.5, 0.6) is 0 Å². The lowest BCUT2D eigenvalue weighted by atomic mass is 10.1. The minimum Gasteiger partial charge on any atom is -0.349 e. The van der Waals surface area contributed by atoms with Gasteiger partial charge in [0.15, 0.2) is 0 Å². The smallest absolute Gasteiger partial charge is 0.329 e. The minimum atomic E-state index is -0.468. The Hall–Kier alpha value is -1.76. The maximum atomic E-state index is 10.8. The van der Waals surface area contributed by atoms with E-state index in [0.717, 1.165) is 25.8 Å². The fraction of sp³-hybridized carbons (Fsp3) is 0.600. The monoisotopic (exact) mass is 237 g/mol. The molecule has 2 heterocycles. The molecule has 1 aliphatic heterocycles. The predicted molar refractivity (Wildman–Crippen MR) is 62.7 cm³/mol. The Labute approximate surface area is 98.8 Å². The van der Waals surface area contributed by atoms with Crippen molar-refractivity contribution in [2.24, 2.45) is 0 Å². The van der Waals surface area contributed by atoms with Gasteiger partial charge in [-0.15, -0.1) is 0 Å². The molecular formula is C10H15N5O2. The van der Waals surface area contributed by atoms with Crippen molar-refractivity contribution >= 4 is 11.5 Å². The maximum Gasteiger partial charge on any atom is 0.329 e. The zero-order valence-corrected chi connectivity index (χ0v) is 9.64. The molecule has 0 aromatic carbocycles. The Bertz CT molecular complexity index is 417. The van der Waals surface area contributed by atoms with Gasteiger partial charge in [0, 0.05) is 0 Å². The third-order valence-corrected chi connectivity index (χ3v) is 2.71. The average Bonchev–Trinajstić information content (AvgIpc) is 2.30. The summed E-state index contributed by atoms with van der Waals surface area (Å²) < 4.78 is 0. The van der Waals surface area contributed by atoms with Gasteiger partial charge >= 0.3 is 5.69 Å². The van der Waals surface area contributed by atoms with Crippen molar-refractivity contribution in [3.8, 4) is 0 Å². The fourth-order valence-electron chi connectivity index (χ4n) is 1.84. The lowest BCUT2D eigenvalue weighted by Crippen LogP contribution is -2.40. The number of anilines is 1. The molecule has 0 spiro atoms. The second-order valence-electron chi connectivity index (χ2n) is 4.06. The number of aromatic nitrogens is 2. The lowest BCUT2D eigenvalue weighted by molar-refractivity contribution is -0.384. The molecule has 0 aliphatic carbocycles. The van der Waals surface area contributed by atoms with E-state index in [1.807, 2.05) is 0 Å². The Morgan fingerprint density at radius 3 is 3.06 bits per heavy atom. The molecule has 7 nitrogen and oxygen atoms in total. The number of nitrogens with one attached hydrogen (secondary N) is 2. The Balaban J connectivity index is 2.17. The maximum absolute atomic E-state index is 10.8. The van der Waals surface area contributed by atoms with Crippen LogP contribution in [0.2, 0.25) is 0 Å². The van der Waals surface area contributed by atoms with Crippen molar-refractivity contribution in [1.29, 1.82) is 0 Å². The van der Waals surface area contributed by atoms with Gasteiger partial charge in [-0.3, -0.25) is 15.4 Å². The van der Waals surface area contributed by atoms with Crippen molar-refractivity contribution in [3.63, 3.8) is 0 Å². The van der Waals surface area contributed by atoms with E-state index in [9.17, 15) is 10.1 Å². The number of nitro groups is 1. The fourth-order valence-corrected chi connectivity index (χ4v) is 1.84. The van der Waals surface area contributed by atoms with E-state index >= 15 is 0 Å². The zero-order valence-electron chi connectivity index (χ0n) is 9.64. The van der Waals surface area contributed by atoms with Crippen LogP contribution >= 0.6 is 0 Å². The van der Waals surface area contributed by atoms with E-state index < -0.39 is 4.92 Å². The van der Waals surface area contributed by atoms with E-state index in [4.69, 9.17) is 0 Å². The van der Waals surface area contributed by atoms with Crippen molar-refractivity contribution < 1.29 is 4.92 Å². The largest absolute Gasteiger partial charge is 0.349 e. The number of hydrogen-bond acceptors (Lipinski definition) is 6. The first-order valence-corrected chi connectivity index (χ1v) is 5.65. The van der Waals surface area contributed by atoms with Gasteiger partial charge < -0.3 is 5.32 Å². The Morgan fingerprint density at radius 1 is 1.59 bits per heavy atom. The topological polar surface area (TPSA) is 93.0 Å². The van der Waals surface area contributed by atoms with Gasteiger partial charge in [0.05, 0.1) is 11.1 Å². The second kappa shape index (κ2) is 5.05. The molecule has 0 bridgehead atoms. The number of aryl methyl sites for hydroxylation is 1. The summed E-state index contributed by atoms with van der Waals surface area (Å²) in [7, 11) is 0.